The van der Waals surface area contributed by atoms with Crippen LogP contribution in [0.2, 0.25) is 0 Å². The average Bonchev–Trinajstić information content (AvgIpc) is 3.23. The van der Waals surface area contributed by atoms with Crippen LogP contribution in [-0.4, -0.2) is 42.6 Å². The number of pyridine rings is 1. The summed E-state index contributed by atoms with van der Waals surface area (Å²) in [5.74, 6) is 0. The number of carbonyl (C=O) groups excluding carboxylic acids is 1. The van der Waals surface area contributed by atoms with Gasteiger partial charge in [-0.2, -0.15) is 0 Å². The number of nitrogens with zero attached hydrogens (tertiary/aromatic N) is 1. The monoisotopic (exact) mass is 401 g/mol. The third kappa shape index (κ3) is 8.54. The number of aromatic nitrogens is 1. The Kier molecular flexibility index (Phi) is 12.4. The highest BCUT2D eigenvalue weighted by molar-refractivity contribution is 7.12. The number of carbonyl (C=O) groups is 1. The summed E-state index contributed by atoms with van der Waals surface area (Å²) in [6, 6.07) is 16.0. The van der Waals surface area contributed by atoms with Crippen LogP contribution < -0.4 is 11.1 Å². The molecule has 1 aromatic carbocycles. The van der Waals surface area contributed by atoms with Crippen LogP contribution in [0.3, 0.4) is 0 Å². The zero-order valence-corrected chi connectivity index (χ0v) is 17.3. The second-order valence-electron chi connectivity index (χ2n) is 5.61. The molecule has 0 aliphatic rings. The smallest absolute Gasteiger partial charge is 0.160 e. The molecule has 0 fully saturated rings. The lowest BCUT2D eigenvalue weighted by atomic mass is 10.1. The first kappa shape index (κ1) is 23.7. The summed E-state index contributed by atoms with van der Waals surface area (Å²) in [6.45, 7) is 6.71. The van der Waals surface area contributed by atoms with Crippen molar-refractivity contribution in [1.82, 2.24) is 10.3 Å². The molecule has 0 radical (unpaired) electrons. The first-order chi connectivity index (χ1) is 13.7. The summed E-state index contributed by atoms with van der Waals surface area (Å²) in [6.07, 6.45) is 2.73. The van der Waals surface area contributed by atoms with Gasteiger partial charge in [0, 0.05) is 43.8 Å². The number of aliphatic hydroxyl groups is 1. The van der Waals surface area contributed by atoms with Crippen LogP contribution in [0.4, 0.5) is 0 Å². The molecule has 0 saturated carbocycles. The minimum Gasteiger partial charge on any atom is -0.397 e. The van der Waals surface area contributed by atoms with Crippen LogP contribution in [0.15, 0.2) is 60.1 Å². The summed E-state index contributed by atoms with van der Waals surface area (Å²) in [7, 11) is 0. The zero-order valence-electron chi connectivity index (χ0n) is 16.5. The quantitative estimate of drug-likeness (QED) is 0.428. The van der Waals surface area contributed by atoms with Gasteiger partial charge in [-0.1, -0.05) is 43.3 Å². The number of benzene rings is 1. The van der Waals surface area contributed by atoms with E-state index in [-0.39, 0.29) is 8.03 Å². The van der Waals surface area contributed by atoms with Crippen molar-refractivity contribution in [2.24, 2.45) is 5.73 Å². The van der Waals surface area contributed by atoms with Crippen molar-refractivity contribution in [3.63, 3.8) is 0 Å². The molecule has 6 heteroatoms. The lowest BCUT2D eigenvalue weighted by Crippen LogP contribution is -2.21. The third-order valence-electron chi connectivity index (χ3n) is 3.47. The van der Waals surface area contributed by atoms with Crippen LogP contribution in [0.5, 0.6) is 0 Å². The second kappa shape index (κ2) is 14.6. The molecule has 0 atom stereocenters. The summed E-state index contributed by atoms with van der Waals surface area (Å²) >= 11 is 1.44. The van der Waals surface area contributed by atoms with Gasteiger partial charge in [-0.15, -0.1) is 11.3 Å². The van der Waals surface area contributed by atoms with Gasteiger partial charge in [-0.05, 0) is 31.2 Å². The normalized spacial score (nSPS) is 9.57. The van der Waals surface area contributed by atoms with Crippen molar-refractivity contribution in [3.05, 3.63) is 65.0 Å². The van der Waals surface area contributed by atoms with Gasteiger partial charge in [0.25, 0.3) is 0 Å². The molecule has 5 nitrogen and oxygen atoms in total. The van der Waals surface area contributed by atoms with Gasteiger partial charge in [-0.25, -0.2) is 0 Å². The number of aliphatic hydroxyl groups excluding tert-OH is 1. The number of nitrogens with one attached hydrogen (secondary N) is 1. The molecule has 3 rings (SSSR count). The van der Waals surface area contributed by atoms with E-state index in [1.54, 1.807) is 6.92 Å². The standard InChI is InChI=1S/C16H11NOS.C4H12N2.C2H6O.H2/c18-10-15-8-14(11-19-15)16-7-6-13(9-17-16)12-4-2-1-3-5-12;1-2-6-4-3-5;1-2-3;/h1-11H;6H,2-5H2,1H3;3H,2H2,1H3;1H. The molecular weight excluding hydrogens is 370 g/mol. The maximum absolute atomic E-state index is 10.7. The lowest BCUT2D eigenvalue weighted by Gasteiger charge is -2.02. The first-order valence-corrected chi connectivity index (χ1v) is 10.1. The zero-order chi connectivity index (χ0) is 20.6. The van der Waals surface area contributed by atoms with Gasteiger partial charge >= 0.3 is 0 Å². The summed E-state index contributed by atoms with van der Waals surface area (Å²) in [4.78, 5) is 15.9. The van der Waals surface area contributed by atoms with Crippen LogP contribution >= 0.6 is 11.3 Å². The van der Waals surface area contributed by atoms with E-state index >= 15 is 0 Å². The van der Waals surface area contributed by atoms with Gasteiger partial charge in [0.2, 0.25) is 0 Å². The maximum Gasteiger partial charge on any atom is 0.160 e. The van der Waals surface area contributed by atoms with E-state index in [0.29, 0.717) is 0 Å². The van der Waals surface area contributed by atoms with E-state index in [0.717, 1.165) is 53.2 Å². The van der Waals surface area contributed by atoms with E-state index in [1.807, 2.05) is 41.9 Å². The van der Waals surface area contributed by atoms with Crippen LogP contribution in [-0.2, 0) is 0 Å². The predicted molar refractivity (Wildman–Crippen MR) is 121 cm³/mol. The molecule has 2 aromatic heterocycles. The van der Waals surface area contributed by atoms with Crippen LogP contribution in [0.25, 0.3) is 22.4 Å². The lowest BCUT2D eigenvalue weighted by molar-refractivity contribution is 0.112. The Morgan fingerprint density at radius 2 is 1.86 bits per heavy atom. The van der Waals surface area contributed by atoms with Crippen LogP contribution in [0, 0.1) is 0 Å². The summed E-state index contributed by atoms with van der Waals surface area (Å²) in [5, 5.41) is 12.6. The molecular formula is C22H31N3O2S. The van der Waals surface area contributed by atoms with Crippen molar-refractivity contribution in [2.45, 2.75) is 13.8 Å². The Bertz CT molecular complexity index is 776. The number of nitrogens with two attached hydrogens (primary N) is 1. The van der Waals surface area contributed by atoms with Gasteiger partial charge in [-0.3, -0.25) is 9.78 Å². The number of rotatable bonds is 6. The summed E-state index contributed by atoms with van der Waals surface area (Å²) in [5.41, 5.74) is 9.28. The van der Waals surface area contributed by atoms with Crippen molar-refractivity contribution >= 4 is 17.6 Å². The van der Waals surface area contributed by atoms with E-state index in [4.69, 9.17) is 10.8 Å². The maximum atomic E-state index is 10.7. The van der Waals surface area contributed by atoms with E-state index in [1.165, 1.54) is 11.3 Å². The second-order valence-corrected chi connectivity index (χ2v) is 6.56. The summed E-state index contributed by atoms with van der Waals surface area (Å²) < 4.78 is 0. The fourth-order valence-electron chi connectivity index (χ4n) is 2.19. The minimum absolute atomic E-state index is 0. The fourth-order valence-corrected chi connectivity index (χ4v) is 2.90. The van der Waals surface area contributed by atoms with Crippen molar-refractivity contribution in [1.29, 1.82) is 0 Å². The number of likely N-dealkylation sites (N-methyl/N-ethyl adjacent to an activating group) is 1. The van der Waals surface area contributed by atoms with Gasteiger partial charge in [0.1, 0.15) is 0 Å². The first-order valence-electron chi connectivity index (χ1n) is 9.27. The number of aldehydes is 1. The predicted octanol–water partition coefficient (Wildman–Crippen LogP) is 4.09. The fraction of sp³-hybridized carbons (Fsp3) is 0.273. The highest BCUT2D eigenvalue weighted by atomic mass is 32.1. The highest BCUT2D eigenvalue weighted by Gasteiger charge is 2.04. The van der Waals surface area contributed by atoms with Crippen molar-refractivity contribution < 1.29 is 11.3 Å². The Balaban J connectivity index is 0.000000670. The highest BCUT2D eigenvalue weighted by Crippen LogP contribution is 2.25. The Hall–Kier alpha value is -2.38. The number of thiophene rings is 1. The van der Waals surface area contributed by atoms with Crippen molar-refractivity contribution in [3.8, 4) is 22.4 Å². The minimum atomic E-state index is 0. The largest absolute Gasteiger partial charge is 0.397 e. The topological polar surface area (TPSA) is 88.2 Å². The molecule has 0 spiro atoms. The van der Waals surface area contributed by atoms with E-state index in [2.05, 4.69) is 35.4 Å². The molecule has 152 valence electrons. The Labute approximate surface area is 172 Å². The Morgan fingerprint density at radius 3 is 2.32 bits per heavy atom. The molecule has 28 heavy (non-hydrogen) atoms. The molecule has 0 aliphatic heterocycles. The Morgan fingerprint density at radius 1 is 1.14 bits per heavy atom. The molecule has 3 aromatic rings. The molecule has 0 bridgehead atoms. The average molecular weight is 402 g/mol. The molecule has 4 N–H and O–H groups in total. The van der Waals surface area contributed by atoms with E-state index < -0.39 is 0 Å². The third-order valence-corrected chi connectivity index (χ3v) is 4.33. The number of hydrogen-bond donors (Lipinski definition) is 3. The SMILES string of the molecule is CCNCCN.CCO.O=Cc1cc(-c2ccc(-c3ccccc3)cn2)cs1.[HH]. The molecule has 0 amide bonds. The van der Waals surface area contributed by atoms with Crippen LogP contribution in [0.1, 0.15) is 24.9 Å². The van der Waals surface area contributed by atoms with Gasteiger partial charge < -0.3 is 16.2 Å². The van der Waals surface area contributed by atoms with E-state index in [9.17, 15) is 4.79 Å². The molecule has 2 heterocycles. The molecule has 0 saturated heterocycles. The van der Waals surface area contributed by atoms with Gasteiger partial charge in [0.05, 0.1) is 10.6 Å². The molecule has 0 aliphatic carbocycles. The number of hydrogen-bond acceptors (Lipinski definition) is 6. The van der Waals surface area contributed by atoms with Gasteiger partial charge in [0.15, 0.2) is 6.29 Å². The van der Waals surface area contributed by atoms with Crippen molar-refractivity contribution in [2.75, 3.05) is 26.2 Å². The molecule has 0 unspecified atom stereocenters.